The van der Waals surface area contributed by atoms with Crippen molar-refractivity contribution in [2.75, 3.05) is 18.0 Å². The van der Waals surface area contributed by atoms with Gasteiger partial charge < -0.3 is 20.3 Å². The number of carbonyl (C=O) groups is 3. The Morgan fingerprint density at radius 3 is 2.31 bits per heavy atom. The molecule has 1 saturated carbocycles. The van der Waals surface area contributed by atoms with Gasteiger partial charge in [-0.2, -0.15) is 22.0 Å². The molecule has 13 heteroatoms. The van der Waals surface area contributed by atoms with Crippen LogP contribution in [-0.2, 0) is 14.4 Å². The second-order valence-corrected chi connectivity index (χ2v) is 9.29. The summed E-state index contributed by atoms with van der Waals surface area (Å²) in [6.07, 6.45) is -5.14. The summed E-state index contributed by atoms with van der Waals surface area (Å²) < 4.78 is 83.2. The third kappa shape index (κ3) is 5.64. The van der Waals surface area contributed by atoms with Crippen molar-refractivity contribution in [3.8, 4) is 5.75 Å². The van der Waals surface area contributed by atoms with Gasteiger partial charge in [-0.3, -0.25) is 14.4 Å². The van der Waals surface area contributed by atoms with Gasteiger partial charge in [0.25, 0.3) is 5.91 Å². The van der Waals surface area contributed by atoms with Crippen LogP contribution in [-0.4, -0.2) is 55.1 Å². The van der Waals surface area contributed by atoms with E-state index in [2.05, 4.69) is 5.32 Å². The summed E-state index contributed by atoms with van der Waals surface area (Å²) in [5.74, 6) is -8.55. The highest BCUT2D eigenvalue weighted by Crippen LogP contribution is 2.38. The topological polar surface area (TPSA) is 87.7 Å². The van der Waals surface area contributed by atoms with Crippen molar-refractivity contribution < 1.29 is 45.5 Å². The zero-order valence-corrected chi connectivity index (χ0v) is 19.1. The van der Waals surface area contributed by atoms with Crippen LogP contribution in [0.25, 0.3) is 0 Å². The first-order valence-electron chi connectivity index (χ1n) is 10.9. The first kappa shape index (κ1) is 26.6. The standard InChI is InChI=1S/C22H25F6N3O4/c1-11-16(30-19(34)20(2,3)18(33)29-10-21(24,25)22(26,27)28)17(32)31(9-12-4-5-12)14-8-13(23)6-7-15(14)35-11/h6-8,11-12,16H,4-5,9-10H2,1-3H3,(H,29,33)(H,30,34)/t11-,16+/m1/s1. The summed E-state index contributed by atoms with van der Waals surface area (Å²) in [5.41, 5.74) is -1.94. The molecule has 3 amide bonds. The van der Waals surface area contributed by atoms with Gasteiger partial charge in [-0.25, -0.2) is 4.39 Å². The van der Waals surface area contributed by atoms with Crippen LogP contribution in [0.5, 0.6) is 5.75 Å². The van der Waals surface area contributed by atoms with Crippen LogP contribution >= 0.6 is 0 Å². The van der Waals surface area contributed by atoms with Gasteiger partial charge in [0.15, 0.2) is 0 Å². The number of amides is 3. The van der Waals surface area contributed by atoms with Crippen molar-refractivity contribution in [2.45, 2.75) is 57.9 Å². The average Bonchev–Trinajstić information content (AvgIpc) is 3.58. The normalized spacial score (nSPS) is 21.1. The second kappa shape index (κ2) is 9.23. The Balaban J connectivity index is 1.78. The molecule has 3 rings (SSSR count). The Labute approximate surface area is 197 Å². The van der Waals surface area contributed by atoms with Gasteiger partial charge >= 0.3 is 12.1 Å². The molecule has 2 atom stereocenters. The highest BCUT2D eigenvalue weighted by molar-refractivity contribution is 6.07. The van der Waals surface area contributed by atoms with Gasteiger partial charge in [-0.15, -0.1) is 0 Å². The van der Waals surface area contributed by atoms with E-state index in [1.165, 1.54) is 23.2 Å². The Hall–Kier alpha value is -2.99. The lowest BCUT2D eigenvalue weighted by molar-refractivity contribution is -0.278. The van der Waals surface area contributed by atoms with Gasteiger partial charge in [0.1, 0.15) is 29.1 Å². The Bertz CT molecular complexity index is 1010. The van der Waals surface area contributed by atoms with Crippen LogP contribution in [0.1, 0.15) is 33.6 Å². The van der Waals surface area contributed by atoms with Gasteiger partial charge in [-0.05, 0) is 51.7 Å². The average molecular weight is 509 g/mol. The van der Waals surface area contributed by atoms with Crippen molar-refractivity contribution in [1.82, 2.24) is 10.6 Å². The summed E-state index contributed by atoms with van der Waals surface area (Å²) in [6.45, 7) is 1.69. The van der Waals surface area contributed by atoms with E-state index in [9.17, 15) is 40.7 Å². The number of hydrogen-bond donors (Lipinski definition) is 2. The molecule has 1 aromatic carbocycles. The van der Waals surface area contributed by atoms with Gasteiger partial charge in [0.05, 0.1) is 12.2 Å². The highest BCUT2D eigenvalue weighted by atomic mass is 19.4. The van der Waals surface area contributed by atoms with Crippen molar-refractivity contribution in [3.05, 3.63) is 24.0 Å². The molecule has 7 nitrogen and oxygen atoms in total. The lowest BCUT2D eigenvalue weighted by Crippen LogP contribution is -2.59. The maximum Gasteiger partial charge on any atom is 0.455 e. The highest BCUT2D eigenvalue weighted by Gasteiger charge is 2.58. The molecule has 194 valence electrons. The summed E-state index contributed by atoms with van der Waals surface area (Å²) in [7, 11) is 0. The SMILES string of the molecule is C[C@H]1Oc2ccc(F)cc2N(CC2CC2)C(=O)[C@H]1NC(=O)C(C)(C)C(=O)NCC(F)(F)C(F)(F)F. The molecule has 35 heavy (non-hydrogen) atoms. The largest absolute Gasteiger partial charge is 0.486 e. The summed E-state index contributed by atoms with van der Waals surface area (Å²) in [4.78, 5) is 39.9. The maximum atomic E-state index is 13.9. The molecule has 1 fully saturated rings. The lowest BCUT2D eigenvalue weighted by atomic mass is 9.90. The number of ether oxygens (including phenoxy) is 1. The van der Waals surface area contributed by atoms with Crippen molar-refractivity contribution >= 4 is 23.4 Å². The maximum absolute atomic E-state index is 13.9. The number of carbonyl (C=O) groups excluding carboxylic acids is 3. The van der Waals surface area contributed by atoms with Crippen molar-refractivity contribution in [1.29, 1.82) is 0 Å². The molecule has 1 aliphatic carbocycles. The van der Waals surface area contributed by atoms with Crippen LogP contribution in [0.15, 0.2) is 18.2 Å². The minimum absolute atomic E-state index is 0.178. The third-order valence-electron chi connectivity index (χ3n) is 5.97. The minimum Gasteiger partial charge on any atom is -0.486 e. The molecule has 0 aromatic heterocycles. The molecule has 0 unspecified atom stereocenters. The molecule has 2 N–H and O–H groups in total. The fraction of sp³-hybridized carbons (Fsp3) is 0.591. The number of nitrogens with one attached hydrogen (secondary N) is 2. The number of benzene rings is 1. The van der Waals surface area contributed by atoms with Crippen molar-refractivity contribution in [2.24, 2.45) is 11.3 Å². The molecular weight excluding hydrogens is 484 g/mol. The molecule has 0 saturated heterocycles. The molecule has 0 bridgehead atoms. The molecule has 2 aliphatic rings. The van der Waals surface area contributed by atoms with E-state index in [4.69, 9.17) is 4.74 Å². The van der Waals surface area contributed by atoms with Crippen LogP contribution in [0, 0.1) is 17.2 Å². The lowest BCUT2D eigenvalue weighted by Gasteiger charge is -2.30. The number of fused-ring (bicyclic) bond motifs is 1. The number of alkyl halides is 5. The molecule has 1 heterocycles. The van der Waals surface area contributed by atoms with E-state index in [0.29, 0.717) is 0 Å². The van der Waals surface area contributed by atoms with E-state index in [-0.39, 0.29) is 23.9 Å². The minimum atomic E-state index is -5.88. The van der Waals surface area contributed by atoms with E-state index >= 15 is 0 Å². The monoisotopic (exact) mass is 509 g/mol. The van der Waals surface area contributed by atoms with Crippen LogP contribution in [0.4, 0.5) is 32.0 Å². The van der Waals surface area contributed by atoms with Gasteiger partial charge in [0.2, 0.25) is 11.8 Å². The van der Waals surface area contributed by atoms with E-state index in [0.717, 1.165) is 38.8 Å². The van der Waals surface area contributed by atoms with Crippen molar-refractivity contribution in [3.63, 3.8) is 0 Å². The zero-order valence-electron chi connectivity index (χ0n) is 19.1. The first-order chi connectivity index (χ1) is 16.0. The number of halogens is 6. The van der Waals surface area contributed by atoms with E-state index < -0.39 is 59.7 Å². The van der Waals surface area contributed by atoms with Crippen LogP contribution < -0.4 is 20.3 Å². The fourth-order valence-corrected chi connectivity index (χ4v) is 3.42. The zero-order chi connectivity index (χ0) is 26.3. The predicted molar refractivity (Wildman–Crippen MR) is 111 cm³/mol. The Kier molecular flexibility index (Phi) is 7.02. The quantitative estimate of drug-likeness (QED) is 0.437. The Morgan fingerprint density at radius 1 is 1.11 bits per heavy atom. The third-order valence-corrected chi connectivity index (χ3v) is 5.97. The summed E-state index contributed by atoms with van der Waals surface area (Å²) in [5, 5.41) is 3.81. The number of rotatable bonds is 7. The van der Waals surface area contributed by atoms with E-state index in [1.807, 2.05) is 0 Å². The molecule has 1 aromatic rings. The van der Waals surface area contributed by atoms with Gasteiger partial charge in [0, 0.05) is 12.6 Å². The fourth-order valence-electron chi connectivity index (χ4n) is 3.42. The van der Waals surface area contributed by atoms with E-state index in [1.54, 1.807) is 0 Å². The van der Waals surface area contributed by atoms with Crippen LogP contribution in [0.3, 0.4) is 0 Å². The summed E-state index contributed by atoms with van der Waals surface area (Å²) in [6, 6.07) is 2.27. The molecule has 1 aliphatic heterocycles. The van der Waals surface area contributed by atoms with Crippen LogP contribution in [0.2, 0.25) is 0 Å². The number of nitrogens with zero attached hydrogens (tertiary/aromatic N) is 1. The predicted octanol–water partition coefficient (Wildman–Crippen LogP) is 3.17. The first-order valence-corrected chi connectivity index (χ1v) is 10.9. The molecule has 0 radical (unpaired) electrons. The van der Waals surface area contributed by atoms with Gasteiger partial charge in [-0.1, -0.05) is 0 Å². The summed E-state index contributed by atoms with van der Waals surface area (Å²) >= 11 is 0. The smallest absolute Gasteiger partial charge is 0.455 e. The number of hydrogen-bond acceptors (Lipinski definition) is 4. The molecule has 0 spiro atoms. The Morgan fingerprint density at radius 2 is 1.74 bits per heavy atom. The molecular formula is C22H25F6N3O4. The number of anilines is 1. The second-order valence-electron chi connectivity index (χ2n) is 9.29.